The molecule has 4 atom stereocenters. The van der Waals surface area contributed by atoms with E-state index in [9.17, 15) is 4.79 Å². The van der Waals surface area contributed by atoms with Crippen LogP contribution in [0.5, 0.6) is 0 Å². The van der Waals surface area contributed by atoms with E-state index in [4.69, 9.17) is 9.47 Å². The molecule has 1 saturated carbocycles. The second-order valence-electron chi connectivity index (χ2n) is 5.48. The van der Waals surface area contributed by atoms with Crippen LogP contribution in [-0.4, -0.2) is 29.5 Å². The molecule has 3 rings (SSSR count). The van der Waals surface area contributed by atoms with Crippen LogP contribution in [0.1, 0.15) is 44.0 Å². The maximum Gasteiger partial charge on any atom is 0.309 e. The minimum absolute atomic E-state index is 0.0272. The summed E-state index contributed by atoms with van der Waals surface area (Å²) < 4.78 is 12.4. The van der Waals surface area contributed by atoms with Gasteiger partial charge in [-0.25, -0.2) is 4.68 Å². The maximum atomic E-state index is 11.6. The van der Waals surface area contributed by atoms with E-state index in [1.54, 1.807) is 0 Å². The zero-order chi connectivity index (χ0) is 13.4. The lowest BCUT2D eigenvalue weighted by molar-refractivity contribution is -0.142. The summed E-state index contributed by atoms with van der Waals surface area (Å²) in [5.74, 6) is 0.377. The molecule has 1 aromatic heterocycles. The van der Waals surface area contributed by atoms with Crippen molar-refractivity contribution in [2.45, 2.75) is 38.3 Å². The molecule has 19 heavy (non-hydrogen) atoms. The lowest BCUT2D eigenvalue weighted by Gasteiger charge is -2.22. The Morgan fingerprint density at radius 1 is 1.53 bits per heavy atom. The normalized spacial score (nSPS) is 34.0. The van der Waals surface area contributed by atoms with Crippen LogP contribution in [0, 0.1) is 11.8 Å². The third-order valence-electron chi connectivity index (χ3n) is 4.27. The third-order valence-corrected chi connectivity index (χ3v) is 4.27. The van der Waals surface area contributed by atoms with E-state index in [0.29, 0.717) is 5.92 Å². The maximum absolute atomic E-state index is 11.6. The van der Waals surface area contributed by atoms with Gasteiger partial charge in [-0.2, -0.15) is 5.10 Å². The van der Waals surface area contributed by atoms with Gasteiger partial charge >= 0.3 is 5.97 Å². The molecule has 2 heterocycles. The molecule has 1 aromatic rings. The van der Waals surface area contributed by atoms with Crippen molar-refractivity contribution >= 4 is 5.97 Å². The second-order valence-corrected chi connectivity index (χ2v) is 5.48. The van der Waals surface area contributed by atoms with Crippen LogP contribution >= 0.6 is 0 Å². The smallest absolute Gasteiger partial charge is 0.309 e. The lowest BCUT2D eigenvalue weighted by atomic mass is 10.2. The highest BCUT2D eigenvalue weighted by Gasteiger charge is 2.54. The van der Waals surface area contributed by atoms with Crippen molar-refractivity contribution in [3.63, 3.8) is 0 Å². The Kier molecular flexibility index (Phi) is 3.31. The molecular weight excluding hydrogens is 244 g/mol. The average molecular weight is 264 g/mol. The molecule has 1 aliphatic carbocycles. The van der Waals surface area contributed by atoms with Crippen LogP contribution in [0.3, 0.4) is 0 Å². The summed E-state index contributed by atoms with van der Waals surface area (Å²) in [5, 5.41) is 4.60. The van der Waals surface area contributed by atoms with Gasteiger partial charge in [0.2, 0.25) is 0 Å². The molecule has 0 bridgehead atoms. The Morgan fingerprint density at radius 2 is 2.37 bits per heavy atom. The lowest BCUT2D eigenvalue weighted by Crippen LogP contribution is -2.18. The number of nitrogens with zero attached hydrogens (tertiary/aromatic N) is 2. The van der Waals surface area contributed by atoms with Crippen molar-refractivity contribution in [3.8, 4) is 0 Å². The number of rotatable bonds is 3. The van der Waals surface area contributed by atoms with Crippen LogP contribution in [0.25, 0.3) is 0 Å². The second kappa shape index (κ2) is 4.96. The van der Waals surface area contributed by atoms with Crippen LogP contribution in [0.2, 0.25) is 0 Å². The van der Waals surface area contributed by atoms with E-state index in [1.165, 1.54) is 13.5 Å². The first-order valence-electron chi connectivity index (χ1n) is 6.97. The Bertz CT molecular complexity index is 465. The molecule has 0 spiro atoms. The molecular formula is C14H20N2O3. The van der Waals surface area contributed by atoms with E-state index >= 15 is 0 Å². The van der Waals surface area contributed by atoms with Gasteiger partial charge < -0.3 is 9.47 Å². The zero-order valence-electron chi connectivity index (χ0n) is 11.4. The number of hydrogen-bond acceptors (Lipinski definition) is 4. The van der Waals surface area contributed by atoms with Crippen molar-refractivity contribution in [1.82, 2.24) is 9.78 Å². The van der Waals surface area contributed by atoms with Crippen molar-refractivity contribution in [1.29, 1.82) is 0 Å². The summed E-state index contributed by atoms with van der Waals surface area (Å²) in [6, 6.07) is 2.00. The standard InChI is InChI=1S/C14H20N2O3/c1-9-12(13(9)14(17)18-2)10-6-7-16(15-10)11-5-3-4-8-19-11/h6-7,9,11-13H,3-5,8H2,1-2H3/t9?,11?,12-,13+/m1/s1. The van der Waals surface area contributed by atoms with Gasteiger partial charge in [-0.1, -0.05) is 6.92 Å². The number of ether oxygens (including phenoxy) is 2. The quantitative estimate of drug-likeness (QED) is 0.785. The Hall–Kier alpha value is -1.36. The molecule has 0 aromatic carbocycles. The largest absolute Gasteiger partial charge is 0.469 e. The monoisotopic (exact) mass is 264 g/mol. The van der Waals surface area contributed by atoms with Crippen LogP contribution in [0.4, 0.5) is 0 Å². The fourth-order valence-electron chi connectivity index (χ4n) is 3.04. The molecule has 2 unspecified atom stereocenters. The highest BCUT2D eigenvalue weighted by molar-refractivity contribution is 5.77. The molecule has 0 amide bonds. The average Bonchev–Trinajstić information content (AvgIpc) is 2.90. The summed E-state index contributed by atoms with van der Waals surface area (Å²) in [4.78, 5) is 11.6. The number of esters is 1. The summed E-state index contributed by atoms with van der Waals surface area (Å²) in [6.07, 6.45) is 5.36. The molecule has 2 aliphatic rings. The molecule has 1 saturated heterocycles. The van der Waals surface area contributed by atoms with Gasteiger partial charge in [0.25, 0.3) is 0 Å². The van der Waals surface area contributed by atoms with Gasteiger partial charge in [0.15, 0.2) is 0 Å². The Labute approximate surface area is 112 Å². The first-order chi connectivity index (χ1) is 9.22. The number of carbonyl (C=O) groups is 1. The van der Waals surface area contributed by atoms with E-state index in [0.717, 1.165) is 25.1 Å². The number of hydrogen-bond donors (Lipinski definition) is 0. The number of methoxy groups -OCH3 is 1. The third kappa shape index (κ3) is 2.27. The topological polar surface area (TPSA) is 53.4 Å². The van der Waals surface area contributed by atoms with Crippen molar-refractivity contribution in [3.05, 3.63) is 18.0 Å². The van der Waals surface area contributed by atoms with Crippen LogP contribution in [0.15, 0.2) is 12.3 Å². The van der Waals surface area contributed by atoms with E-state index in [2.05, 4.69) is 12.0 Å². The predicted molar refractivity (Wildman–Crippen MR) is 68.5 cm³/mol. The highest BCUT2D eigenvalue weighted by Crippen LogP contribution is 2.53. The van der Waals surface area contributed by atoms with Gasteiger partial charge in [-0.05, 0) is 31.2 Å². The molecule has 104 valence electrons. The van der Waals surface area contributed by atoms with E-state index in [-0.39, 0.29) is 24.0 Å². The fourth-order valence-corrected chi connectivity index (χ4v) is 3.04. The number of carbonyl (C=O) groups excluding carboxylic acids is 1. The summed E-state index contributed by atoms with van der Waals surface area (Å²) >= 11 is 0. The highest BCUT2D eigenvalue weighted by atomic mass is 16.5. The Morgan fingerprint density at radius 3 is 3.05 bits per heavy atom. The van der Waals surface area contributed by atoms with Crippen molar-refractivity contribution in [2.75, 3.05) is 13.7 Å². The Balaban J connectivity index is 1.70. The molecule has 2 fully saturated rings. The summed E-state index contributed by atoms with van der Waals surface area (Å²) in [6.45, 7) is 2.88. The van der Waals surface area contributed by atoms with Crippen molar-refractivity contribution in [2.24, 2.45) is 11.8 Å². The van der Waals surface area contributed by atoms with E-state index < -0.39 is 0 Å². The van der Waals surface area contributed by atoms with Crippen LogP contribution < -0.4 is 0 Å². The van der Waals surface area contributed by atoms with Crippen LogP contribution in [-0.2, 0) is 14.3 Å². The first kappa shape index (κ1) is 12.7. The minimum Gasteiger partial charge on any atom is -0.469 e. The van der Waals surface area contributed by atoms with Gasteiger partial charge in [0, 0.05) is 18.7 Å². The molecule has 0 radical (unpaired) electrons. The van der Waals surface area contributed by atoms with Gasteiger partial charge in [-0.15, -0.1) is 0 Å². The summed E-state index contributed by atoms with van der Waals surface area (Å²) in [5.41, 5.74) is 0.983. The molecule has 1 aliphatic heterocycles. The molecule has 5 heteroatoms. The predicted octanol–water partition coefficient (Wildman–Crippen LogP) is 2.10. The SMILES string of the molecule is COC(=O)[C@H]1C(C)[C@@H]1c1ccn(C2CCCCO2)n1. The molecule has 0 N–H and O–H groups in total. The summed E-state index contributed by atoms with van der Waals surface area (Å²) in [7, 11) is 1.44. The van der Waals surface area contributed by atoms with E-state index in [1.807, 2.05) is 16.9 Å². The minimum atomic E-state index is -0.124. The fraction of sp³-hybridized carbons (Fsp3) is 0.714. The first-order valence-corrected chi connectivity index (χ1v) is 6.97. The van der Waals surface area contributed by atoms with Gasteiger partial charge in [0.1, 0.15) is 6.23 Å². The van der Waals surface area contributed by atoms with Gasteiger partial charge in [-0.3, -0.25) is 4.79 Å². The number of aromatic nitrogens is 2. The molecule has 5 nitrogen and oxygen atoms in total. The van der Waals surface area contributed by atoms with Gasteiger partial charge in [0.05, 0.1) is 18.7 Å². The van der Waals surface area contributed by atoms with Crippen molar-refractivity contribution < 1.29 is 14.3 Å². The zero-order valence-corrected chi connectivity index (χ0v) is 11.4.